The van der Waals surface area contributed by atoms with Gasteiger partial charge in [0.15, 0.2) is 0 Å². The van der Waals surface area contributed by atoms with Gasteiger partial charge >= 0.3 is 0 Å². The fraction of sp³-hybridized carbons (Fsp3) is 0.500. The predicted octanol–water partition coefficient (Wildman–Crippen LogP) is 3.81. The number of hydrogen-bond donors (Lipinski definition) is 2. The van der Waals surface area contributed by atoms with Crippen molar-refractivity contribution in [2.75, 3.05) is 11.1 Å². The van der Waals surface area contributed by atoms with E-state index >= 15 is 0 Å². The maximum atomic E-state index is 13.1. The third-order valence-corrected chi connectivity index (χ3v) is 3.35. The molecule has 1 aromatic rings. The molecule has 2 rings (SSSR count). The van der Waals surface area contributed by atoms with Gasteiger partial charge in [0, 0.05) is 12.1 Å². The smallest absolute Gasteiger partial charge is 0.143 e. The second-order valence-corrected chi connectivity index (χ2v) is 4.74. The summed E-state index contributed by atoms with van der Waals surface area (Å²) in [6.45, 7) is 0. The number of nitrogens with two attached hydrogens (primary N) is 1. The molecule has 1 aliphatic carbocycles. The molecule has 1 aliphatic rings. The molecule has 0 atom stereocenters. The summed E-state index contributed by atoms with van der Waals surface area (Å²) in [4.78, 5) is 0. The van der Waals surface area contributed by atoms with Gasteiger partial charge in [-0.1, -0.05) is 30.9 Å². The van der Waals surface area contributed by atoms with E-state index in [9.17, 15) is 4.39 Å². The Morgan fingerprint density at radius 1 is 1.25 bits per heavy atom. The Labute approximate surface area is 100.0 Å². The lowest BCUT2D eigenvalue weighted by Crippen LogP contribution is -2.22. The van der Waals surface area contributed by atoms with Gasteiger partial charge in [-0.05, 0) is 18.9 Å². The molecule has 0 radical (unpaired) electrons. The normalized spacial score (nSPS) is 17.4. The van der Waals surface area contributed by atoms with E-state index in [0.717, 1.165) is 18.5 Å². The quantitative estimate of drug-likeness (QED) is 0.774. The van der Waals surface area contributed by atoms with Gasteiger partial charge < -0.3 is 11.1 Å². The standard InChI is InChI=1S/C12H16ClFN2/c13-9-6-12(11(15)7-10(9)14)16-8-4-2-1-3-5-8/h6-8,16H,1-5,15H2. The Morgan fingerprint density at radius 3 is 2.62 bits per heavy atom. The van der Waals surface area contributed by atoms with Gasteiger partial charge in [0.2, 0.25) is 0 Å². The molecule has 0 unspecified atom stereocenters. The summed E-state index contributed by atoms with van der Waals surface area (Å²) < 4.78 is 13.1. The van der Waals surface area contributed by atoms with Crippen molar-refractivity contribution in [2.24, 2.45) is 0 Å². The summed E-state index contributed by atoms with van der Waals surface area (Å²) in [5, 5.41) is 3.46. The van der Waals surface area contributed by atoms with Crippen molar-refractivity contribution >= 4 is 23.0 Å². The van der Waals surface area contributed by atoms with Crippen LogP contribution in [0.4, 0.5) is 15.8 Å². The lowest BCUT2D eigenvalue weighted by molar-refractivity contribution is 0.463. The van der Waals surface area contributed by atoms with E-state index in [0.29, 0.717) is 11.7 Å². The molecule has 4 heteroatoms. The van der Waals surface area contributed by atoms with Crippen LogP contribution in [0.5, 0.6) is 0 Å². The summed E-state index contributed by atoms with van der Waals surface area (Å²) in [6, 6.07) is 3.28. The number of halogens is 2. The van der Waals surface area contributed by atoms with Gasteiger partial charge in [-0.25, -0.2) is 4.39 Å². The zero-order valence-corrected chi connectivity index (χ0v) is 9.86. The first-order valence-corrected chi connectivity index (χ1v) is 6.05. The van der Waals surface area contributed by atoms with Crippen molar-refractivity contribution in [2.45, 2.75) is 38.1 Å². The maximum absolute atomic E-state index is 13.1. The molecule has 0 spiro atoms. The van der Waals surface area contributed by atoms with E-state index in [-0.39, 0.29) is 5.02 Å². The highest BCUT2D eigenvalue weighted by Crippen LogP contribution is 2.29. The summed E-state index contributed by atoms with van der Waals surface area (Å²) in [5.74, 6) is -0.464. The first kappa shape index (κ1) is 11.5. The molecule has 0 aliphatic heterocycles. The lowest BCUT2D eigenvalue weighted by atomic mass is 9.95. The van der Waals surface area contributed by atoms with Crippen molar-refractivity contribution in [1.82, 2.24) is 0 Å². The molecular formula is C12H16ClFN2. The number of nitrogens with one attached hydrogen (secondary N) is 1. The third kappa shape index (κ3) is 2.59. The Balaban J connectivity index is 2.11. The summed E-state index contributed by atoms with van der Waals surface area (Å²) in [7, 11) is 0. The van der Waals surface area contributed by atoms with Crippen molar-refractivity contribution in [1.29, 1.82) is 0 Å². The topological polar surface area (TPSA) is 38.0 Å². The molecule has 0 amide bonds. The van der Waals surface area contributed by atoms with Crippen LogP contribution in [0.15, 0.2) is 12.1 Å². The fourth-order valence-electron chi connectivity index (χ4n) is 2.15. The maximum Gasteiger partial charge on any atom is 0.143 e. The van der Waals surface area contributed by atoms with Crippen molar-refractivity contribution in [3.8, 4) is 0 Å². The minimum Gasteiger partial charge on any atom is -0.397 e. The van der Waals surface area contributed by atoms with Crippen LogP contribution in [0.3, 0.4) is 0 Å². The molecule has 16 heavy (non-hydrogen) atoms. The zero-order chi connectivity index (χ0) is 11.5. The molecule has 0 heterocycles. The molecular weight excluding hydrogens is 227 g/mol. The van der Waals surface area contributed by atoms with Crippen molar-refractivity contribution < 1.29 is 4.39 Å². The summed E-state index contributed by atoms with van der Waals surface area (Å²) in [5.41, 5.74) is 6.92. The molecule has 88 valence electrons. The largest absolute Gasteiger partial charge is 0.397 e. The number of benzene rings is 1. The van der Waals surface area contributed by atoms with E-state index < -0.39 is 5.82 Å². The highest BCUT2D eigenvalue weighted by atomic mass is 35.5. The molecule has 1 saturated carbocycles. The van der Waals surface area contributed by atoms with Gasteiger partial charge in [0.1, 0.15) is 5.82 Å². The fourth-order valence-corrected chi connectivity index (χ4v) is 2.32. The van der Waals surface area contributed by atoms with Crippen molar-refractivity contribution in [3.63, 3.8) is 0 Å². The summed E-state index contributed by atoms with van der Waals surface area (Å²) in [6.07, 6.45) is 6.08. The summed E-state index contributed by atoms with van der Waals surface area (Å²) >= 11 is 5.73. The van der Waals surface area contributed by atoms with Crippen LogP contribution in [0.25, 0.3) is 0 Å². The van der Waals surface area contributed by atoms with Crippen LogP contribution in [0.1, 0.15) is 32.1 Å². The van der Waals surface area contributed by atoms with Crippen LogP contribution >= 0.6 is 11.6 Å². The van der Waals surface area contributed by atoms with Crippen LogP contribution in [-0.4, -0.2) is 6.04 Å². The number of hydrogen-bond acceptors (Lipinski definition) is 2. The molecule has 2 nitrogen and oxygen atoms in total. The molecule has 1 fully saturated rings. The Morgan fingerprint density at radius 2 is 1.94 bits per heavy atom. The van der Waals surface area contributed by atoms with Crippen LogP contribution in [0.2, 0.25) is 5.02 Å². The molecule has 3 N–H and O–H groups in total. The van der Waals surface area contributed by atoms with E-state index in [4.69, 9.17) is 17.3 Å². The third-order valence-electron chi connectivity index (χ3n) is 3.06. The van der Waals surface area contributed by atoms with Gasteiger partial charge in [0.25, 0.3) is 0 Å². The van der Waals surface area contributed by atoms with E-state index in [2.05, 4.69) is 5.32 Å². The zero-order valence-electron chi connectivity index (χ0n) is 9.10. The highest BCUT2D eigenvalue weighted by Gasteiger charge is 2.15. The van der Waals surface area contributed by atoms with Gasteiger partial charge in [-0.15, -0.1) is 0 Å². The van der Waals surface area contributed by atoms with Gasteiger partial charge in [0.05, 0.1) is 16.4 Å². The van der Waals surface area contributed by atoms with Crippen LogP contribution < -0.4 is 11.1 Å². The number of anilines is 2. The Hall–Kier alpha value is -0.960. The SMILES string of the molecule is Nc1cc(F)c(Cl)cc1NC1CCCCC1. The molecule has 1 aromatic carbocycles. The number of rotatable bonds is 2. The van der Waals surface area contributed by atoms with E-state index in [1.165, 1.54) is 25.3 Å². The molecule has 0 bridgehead atoms. The van der Waals surface area contributed by atoms with Crippen LogP contribution in [0, 0.1) is 5.82 Å². The Bertz CT molecular complexity index is 376. The molecule has 0 saturated heterocycles. The minimum absolute atomic E-state index is 0.118. The average Bonchev–Trinajstić information content (AvgIpc) is 2.27. The second-order valence-electron chi connectivity index (χ2n) is 4.33. The Kier molecular flexibility index (Phi) is 3.54. The first-order chi connectivity index (χ1) is 7.66. The number of nitrogen functional groups attached to an aromatic ring is 1. The second kappa shape index (κ2) is 4.91. The van der Waals surface area contributed by atoms with E-state index in [1.807, 2.05) is 0 Å². The monoisotopic (exact) mass is 242 g/mol. The van der Waals surface area contributed by atoms with E-state index in [1.54, 1.807) is 6.07 Å². The average molecular weight is 243 g/mol. The first-order valence-electron chi connectivity index (χ1n) is 5.68. The van der Waals surface area contributed by atoms with Gasteiger partial charge in [-0.3, -0.25) is 0 Å². The van der Waals surface area contributed by atoms with Gasteiger partial charge in [-0.2, -0.15) is 0 Å². The predicted molar refractivity (Wildman–Crippen MR) is 66.3 cm³/mol. The lowest BCUT2D eigenvalue weighted by Gasteiger charge is -2.24. The molecule has 0 aromatic heterocycles. The van der Waals surface area contributed by atoms with Crippen LogP contribution in [-0.2, 0) is 0 Å². The van der Waals surface area contributed by atoms with Crippen molar-refractivity contribution in [3.05, 3.63) is 23.0 Å². The highest BCUT2D eigenvalue weighted by molar-refractivity contribution is 6.31. The minimum atomic E-state index is -0.464.